The molecule has 108 valence electrons. The first-order chi connectivity index (χ1) is 10.1. The van der Waals surface area contributed by atoms with Crippen LogP contribution in [0.15, 0.2) is 48.5 Å². The molecule has 0 bridgehead atoms. The quantitative estimate of drug-likeness (QED) is 0.625. The van der Waals surface area contributed by atoms with Crippen molar-refractivity contribution in [3.63, 3.8) is 0 Å². The molecule has 0 aliphatic carbocycles. The number of likely N-dealkylation sites (N-methyl/N-ethyl adjacent to an activating group) is 1. The molecule has 1 aliphatic heterocycles. The van der Waals surface area contributed by atoms with Gasteiger partial charge < -0.3 is 0 Å². The van der Waals surface area contributed by atoms with Crippen LogP contribution in [0, 0.1) is 10.1 Å². The minimum atomic E-state index is -0.314. The van der Waals surface area contributed by atoms with Gasteiger partial charge in [-0.15, -0.1) is 0 Å². The highest BCUT2D eigenvalue weighted by atomic mass is 16.6. The Morgan fingerprint density at radius 3 is 2.57 bits per heavy atom. The first-order valence-electron chi connectivity index (χ1n) is 7.10. The number of benzene rings is 2. The lowest BCUT2D eigenvalue weighted by atomic mass is 9.79. The smallest absolute Gasteiger partial charge is 0.269 e. The topological polar surface area (TPSA) is 46.4 Å². The predicted molar refractivity (Wildman–Crippen MR) is 82.3 cm³/mol. The first-order valence-corrected chi connectivity index (χ1v) is 7.10. The van der Waals surface area contributed by atoms with Gasteiger partial charge in [0.2, 0.25) is 0 Å². The standard InChI is InChI=1S/C17H18N2O2/c1-12-17(13-6-4-3-5-7-13)16-10-15(19(20)21)9-8-14(16)11-18(12)2/h3-10,12,17H,11H2,1-2H3/t12-,17?/m0/s1. The molecule has 0 aromatic heterocycles. The first kappa shape index (κ1) is 13.8. The van der Waals surface area contributed by atoms with Crippen molar-refractivity contribution >= 4 is 5.69 Å². The van der Waals surface area contributed by atoms with Crippen LogP contribution < -0.4 is 0 Å². The maximum Gasteiger partial charge on any atom is 0.269 e. The van der Waals surface area contributed by atoms with E-state index in [1.807, 2.05) is 24.3 Å². The van der Waals surface area contributed by atoms with Gasteiger partial charge in [0.15, 0.2) is 0 Å². The van der Waals surface area contributed by atoms with Gasteiger partial charge in [-0.2, -0.15) is 0 Å². The van der Waals surface area contributed by atoms with Gasteiger partial charge in [-0.3, -0.25) is 15.0 Å². The molecule has 1 heterocycles. The SMILES string of the molecule is C[C@H]1C(c2ccccc2)c2cc([N+](=O)[O-])ccc2CN1C. The summed E-state index contributed by atoms with van der Waals surface area (Å²) in [7, 11) is 2.10. The summed E-state index contributed by atoms with van der Waals surface area (Å²) in [4.78, 5) is 13.1. The average molecular weight is 282 g/mol. The van der Waals surface area contributed by atoms with E-state index >= 15 is 0 Å². The Bertz CT molecular complexity index is 670. The van der Waals surface area contributed by atoms with E-state index in [0.717, 1.165) is 12.1 Å². The van der Waals surface area contributed by atoms with Crippen molar-refractivity contribution in [2.45, 2.75) is 25.4 Å². The van der Waals surface area contributed by atoms with E-state index < -0.39 is 0 Å². The fourth-order valence-electron chi connectivity index (χ4n) is 3.17. The van der Waals surface area contributed by atoms with Crippen molar-refractivity contribution in [3.05, 3.63) is 75.3 Å². The molecule has 4 nitrogen and oxygen atoms in total. The molecule has 1 unspecified atom stereocenters. The van der Waals surface area contributed by atoms with Crippen molar-refractivity contribution in [3.8, 4) is 0 Å². The second-order valence-electron chi connectivity index (χ2n) is 5.68. The molecule has 4 heteroatoms. The average Bonchev–Trinajstić information content (AvgIpc) is 2.49. The molecule has 0 saturated heterocycles. The van der Waals surface area contributed by atoms with Gasteiger partial charge >= 0.3 is 0 Å². The summed E-state index contributed by atoms with van der Waals surface area (Å²) in [5.41, 5.74) is 3.64. The fraction of sp³-hybridized carbons (Fsp3) is 0.294. The maximum absolute atomic E-state index is 11.1. The summed E-state index contributed by atoms with van der Waals surface area (Å²) < 4.78 is 0. The Morgan fingerprint density at radius 1 is 1.19 bits per heavy atom. The number of nitrogens with zero attached hydrogens (tertiary/aromatic N) is 2. The molecule has 2 atom stereocenters. The van der Waals surface area contributed by atoms with Gasteiger partial charge in [0, 0.05) is 30.6 Å². The van der Waals surface area contributed by atoms with Gasteiger partial charge in [-0.25, -0.2) is 0 Å². The van der Waals surface area contributed by atoms with Crippen LogP contribution in [-0.2, 0) is 6.54 Å². The van der Waals surface area contributed by atoms with Gasteiger partial charge in [-0.05, 0) is 30.7 Å². The lowest BCUT2D eigenvalue weighted by molar-refractivity contribution is -0.385. The van der Waals surface area contributed by atoms with Gasteiger partial charge in [0.1, 0.15) is 0 Å². The van der Waals surface area contributed by atoms with Crippen LogP contribution >= 0.6 is 0 Å². The predicted octanol–water partition coefficient (Wildman–Crippen LogP) is 3.56. The molecule has 0 radical (unpaired) electrons. The van der Waals surface area contributed by atoms with Crippen LogP contribution in [0.2, 0.25) is 0 Å². The Kier molecular flexibility index (Phi) is 3.47. The minimum Gasteiger partial charge on any atom is -0.298 e. The zero-order valence-corrected chi connectivity index (χ0v) is 12.2. The third-order valence-corrected chi connectivity index (χ3v) is 4.43. The second kappa shape index (κ2) is 5.30. The molecule has 0 amide bonds. The minimum absolute atomic E-state index is 0.167. The molecule has 21 heavy (non-hydrogen) atoms. The molecule has 3 rings (SSSR count). The molecule has 0 saturated carbocycles. The maximum atomic E-state index is 11.1. The van der Waals surface area contributed by atoms with Crippen LogP contribution in [-0.4, -0.2) is 22.9 Å². The highest BCUT2D eigenvalue weighted by Gasteiger charge is 2.32. The van der Waals surface area contributed by atoms with E-state index in [2.05, 4.69) is 31.0 Å². The van der Waals surface area contributed by atoms with E-state index in [1.165, 1.54) is 11.1 Å². The van der Waals surface area contributed by atoms with Crippen LogP contribution in [0.4, 0.5) is 5.69 Å². The Labute approximate surface area is 124 Å². The van der Waals surface area contributed by atoms with E-state index in [4.69, 9.17) is 0 Å². The number of rotatable bonds is 2. The Morgan fingerprint density at radius 2 is 1.90 bits per heavy atom. The van der Waals surface area contributed by atoms with E-state index in [9.17, 15) is 10.1 Å². The Hall–Kier alpha value is -2.20. The molecular formula is C17H18N2O2. The summed E-state index contributed by atoms with van der Waals surface area (Å²) in [6.07, 6.45) is 0. The zero-order chi connectivity index (χ0) is 15.0. The number of hydrogen-bond donors (Lipinski definition) is 0. The number of nitro benzene ring substituents is 1. The number of hydrogen-bond acceptors (Lipinski definition) is 3. The largest absolute Gasteiger partial charge is 0.298 e. The van der Waals surface area contributed by atoms with E-state index in [-0.39, 0.29) is 16.5 Å². The van der Waals surface area contributed by atoms with Gasteiger partial charge in [-0.1, -0.05) is 36.4 Å². The van der Waals surface area contributed by atoms with E-state index in [0.29, 0.717) is 6.04 Å². The number of fused-ring (bicyclic) bond motifs is 1. The second-order valence-corrected chi connectivity index (χ2v) is 5.68. The van der Waals surface area contributed by atoms with Crippen molar-refractivity contribution in [2.24, 2.45) is 0 Å². The summed E-state index contributed by atoms with van der Waals surface area (Å²) >= 11 is 0. The molecular weight excluding hydrogens is 264 g/mol. The molecule has 0 N–H and O–H groups in total. The van der Waals surface area contributed by atoms with Crippen molar-refractivity contribution in [2.75, 3.05) is 7.05 Å². The van der Waals surface area contributed by atoms with E-state index in [1.54, 1.807) is 12.1 Å². The lowest BCUT2D eigenvalue weighted by Gasteiger charge is -2.38. The number of nitro groups is 1. The van der Waals surface area contributed by atoms with Crippen molar-refractivity contribution in [1.29, 1.82) is 0 Å². The normalized spacial score (nSPS) is 21.8. The van der Waals surface area contributed by atoms with Crippen LogP contribution in [0.1, 0.15) is 29.5 Å². The molecule has 1 aliphatic rings. The van der Waals surface area contributed by atoms with Crippen molar-refractivity contribution < 1.29 is 4.92 Å². The highest BCUT2D eigenvalue weighted by molar-refractivity contribution is 5.47. The van der Waals surface area contributed by atoms with Gasteiger partial charge in [0.05, 0.1) is 4.92 Å². The number of non-ortho nitro benzene ring substituents is 1. The van der Waals surface area contributed by atoms with Crippen LogP contribution in [0.3, 0.4) is 0 Å². The summed E-state index contributed by atoms with van der Waals surface area (Å²) in [6, 6.07) is 15.8. The Balaban J connectivity index is 2.15. The monoisotopic (exact) mass is 282 g/mol. The van der Waals surface area contributed by atoms with Crippen molar-refractivity contribution in [1.82, 2.24) is 4.90 Å². The lowest BCUT2D eigenvalue weighted by Crippen LogP contribution is -2.39. The van der Waals surface area contributed by atoms with Crippen LogP contribution in [0.5, 0.6) is 0 Å². The van der Waals surface area contributed by atoms with Gasteiger partial charge in [0.25, 0.3) is 5.69 Å². The molecule has 0 fully saturated rings. The summed E-state index contributed by atoms with van der Waals surface area (Å²) in [5, 5.41) is 11.1. The fourth-order valence-corrected chi connectivity index (χ4v) is 3.17. The van der Waals surface area contributed by atoms with Crippen LogP contribution in [0.25, 0.3) is 0 Å². The summed E-state index contributed by atoms with van der Waals surface area (Å²) in [5.74, 6) is 0.167. The molecule has 0 spiro atoms. The zero-order valence-electron chi connectivity index (χ0n) is 12.2. The third kappa shape index (κ3) is 2.43. The third-order valence-electron chi connectivity index (χ3n) is 4.43. The summed E-state index contributed by atoms with van der Waals surface area (Å²) in [6.45, 7) is 3.01. The molecule has 2 aromatic carbocycles. The highest BCUT2D eigenvalue weighted by Crippen LogP contribution is 2.38. The molecule has 2 aromatic rings.